The largest absolute Gasteiger partial charge is 0.0654 e. The second-order valence-corrected chi connectivity index (χ2v) is 2.78. The van der Waals surface area contributed by atoms with Gasteiger partial charge in [-0.15, -0.1) is 0 Å². The number of unbranched alkanes of at least 4 members (excludes halogenated alkanes) is 7. The van der Waals surface area contributed by atoms with Crippen LogP contribution in [0.25, 0.3) is 0 Å². The topological polar surface area (TPSA) is 0 Å². The normalized spacial score (nSPS) is 10.2. The molecular weight excluding hydrogens is 120 g/mol. The van der Waals surface area contributed by atoms with Crippen molar-refractivity contribution in [2.24, 2.45) is 0 Å². The van der Waals surface area contributed by atoms with E-state index in [0.29, 0.717) is 0 Å². The van der Waals surface area contributed by atoms with Crippen molar-refractivity contribution in [3.63, 3.8) is 0 Å². The van der Waals surface area contributed by atoms with Crippen molar-refractivity contribution in [1.29, 1.82) is 0 Å². The van der Waals surface area contributed by atoms with Crippen LogP contribution in [-0.2, 0) is 0 Å². The predicted octanol–water partition coefficient (Wildman–Crippen LogP) is 3.78. The molecule has 0 unspecified atom stereocenters. The second-order valence-electron chi connectivity index (χ2n) is 2.78. The van der Waals surface area contributed by atoms with Gasteiger partial charge in [0.15, 0.2) is 0 Å². The highest BCUT2D eigenvalue weighted by Crippen LogP contribution is 2.06. The van der Waals surface area contributed by atoms with Gasteiger partial charge < -0.3 is 0 Å². The van der Waals surface area contributed by atoms with E-state index in [1.54, 1.807) is 0 Å². The third-order valence-corrected chi connectivity index (χ3v) is 1.72. The Morgan fingerprint density at radius 3 is 2.40 bits per heavy atom. The van der Waals surface area contributed by atoms with Gasteiger partial charge in [0.25, 0.3) is 0 Å². The highest BCUT2D eigenvalue weighted by atomic mass is 13.9. The Kier molecular flexibility index (Phi) is 9.00. The van der Waals surface area contributed by atoms with Crippen molar-refractivity contribution in [2.45, 2.75) is 51.9 Å². The molecule has 0 atom stereocenters. The molecule has 0 fully saturated rings. The Morgan fingerprint density at radius 1 is 1.10 bits per heavy atom. The third-order valence-electron chi connectivity index (χ3n) is 1.72. The Morgan fingerprint density at radius 2 is 1.80 bits per heavy atom. The van der Waals surface area contributed by atoms with Gasteiger partial charge in [0, 0.05) is 0 Å². The summed E-state index contributed by atoms with van der Waals surface area (Å²) in [7, 11) is 0. The molecule has 0 saturated carbocycles. The fourth-order valence-corrected chi connectivity index (χ4v) is 1.04. The average molecular weight is 140 g/mol. The number of rotatable bonds is 7. The van der Waals surface area contributed by atoms with Crippen LogP contribution in [0, 0.1) is 13.3 Å². The fourth-order valence-electron chi connectivity index (χ4n) is 1.04. The molecule has 10 heavy (non-hydrogen) atoms. The Balaban J connectivity index is 2.65. The highest BCUT2D eigenvalue weighted by molar-refractivity contribution is 4.64. The minimum Gasteiger partial charge on any atom is -0.0654 e. The molecule has 0 bridgehead atoms. The molecule has 0 spiro atoms. The van der Waals surface area contributed by atoms with Gasteiger partial charge in [-0.25, -0.2) is 0 Å². The van der Waals surface area contributed by atoms with Crippen molar-refractivity contribution in [3.8, 4) is 0 Å². The molecule has 0 aromatic rings. The summed E-state index contributed by atoms with van der Waals surface area (Å²) >= 11 is 0. The minimum atomic E-state index is 0.994. The lowest BCUT2D eigenvalue weighted by atomic mass is 10.1. The Hall–Kier alpha value is 0. The quantitative estimate of drug-likeness (QED) is 0.472. The van der Waals surface area contributed by atoms with E-state index >= 15 is 0 Å². The average Bonchev–Trinajstić information content (AvgIpc) is 1.97. The molecular formula is C10H20. The smallest absolute Gasteiger partial charge is 0.0386 e. The van der Waals surface area contributed by atoms with E-state index in [1.165, 1.54) is 38.5 Å². The lowest BCUT2D eigenvalue weighted by Gasteiger charge is -1.97. The van der Waals surface area contributed by atoms with Crippen molar-refractivity contribution >= 4 is 0 Å². The van der Waals surface area contributed by atoms with E-state index in [2.05, 4.69) is 20.3 Å². The lowest BCUT2D eigenvalue weighted by Crippen LogP contribution is -1.78. The van der Waals surface area contributed by atoms with E-state index in [-0.39, 0.29) is 0 Å². The van der Waals surface area contributed by atoms with Crippen LogP contribution in [0.3, 0.4) is 0 Å². The van der Waals surface area contributed by atoms with Crippen LogP contribution in [0.1, 0.15) is 51.9 Å². The molecule has 0 aromatic heterocycles. The minimum absolute atomic E-state index is 0.994. The first-order valence-corrected chi connectivity index (χ1v) is 4.52. The third kappa shape index (κ3) is 8.00. The van der Waals surface area contributed by atoms with Gasteiger partial charge in [-0.05, 0) is 6.42 Å². The van der Waals surface area contributed by atoms with Gasteiger partial charge in [-0.3, -0.25) is 0 Å². The predicted molar refractivity (Wildman–Crippen MR) is 47.7 cm³/mol. The fraction of sp³-hybridized carbons (Fsp3) is 0.800. The van der Waals surface area contributed by atoms with Crippen LogP contribution in [0.2, 0.25) is 0 Å². The van der Waals surface area contributed by atoms with Crippen LogP contribution < -0.4 is 0 Å². The Labute approximate surface area is 66.0 Å². The molecule has 0 aromatic carbocycles. The van der Waals surface area contributed by atoms with Gasteiger partial charge in [0.1, 0.15) is 0 Å². The molecule has 0 nitrogen and oxygen atoms in total. The van der Waals surface area contributed by atoms with E-state index in [1.807, 2.05) is 0 Å². The van der Waals surface area contributed by atoms with Gasteiger partial charge in [0.2, 0.25) is 0 Å². The zero-order valence-corrected chi connectivity index (χ0v) is 7.23. The molecule has 0 heterocycles. The SMILES string of the molecule is [CH2]C[CH]CCCCCCC. The molecule has 0 heteroatoms. The summed E-state index contributed by atoms with van der Waals surface area (Å²) in [6, 6.07) is 0. The van der Waals surface area contributed by atoms with Crippen LogP contribution in [0.5, 0.6) is 0 Å². The summed E-state index contributed by atoms with van der Waals surface area (Å²) < 4.78 is 0. The number of hydrogen-bond donors (Lipinski definition) is 0. The molecule has 0 saturated heterocycles. The van der Waals surface area contributed by atoms with E-state index < -0.39 is 0 Å². The van der Waals surface area contributed by atoms with Crippen molar-refractivity contribution < 1.29 is 0 Å². The zero-order chi connectivity index (χ0) is 7.66. The first kappa shape index (κ1) is 10.0. The van der Waals surface area contributed by atoms with Gasteiger partial charge in [-0.2, -0.15) is 0 Å². The maximum Gasteiger partial charge on any atom is -0.0386 e. The Bertz CT molecular complexity index is 40.0. The van der Waals surface area contributed by atoms with Gasteiger partial charge in [-0.1, -0.05) is 58.8 Å². The maximum absolute atomic E-state index is 3.76. The summed E-state index contributed by atoms with van der Waals surface area (Å²) in [4.78, 5) is 0. The molecule has 0 aliphatic heterocycles. The molecule has 60 valence electrons. The summed E-state index contributed by atoms with van der Waals surface area (Å²) in [6.45, 7) is 6.02. The highest BCUT2D eigenvalue weighted by Gasteiger charge is 1.87. The summed E-state index contributed by atoms with van der Waals surface area (Å²) in [5.74, 6) is 0. The molecule has 0 N–H and O–H groups in total. The second kappa shape index (κ2) is 9.00. The van der Waals surface area contributed by atoms with Crippen LogP contribution >= 0.6 is 0 Å². The van der Waals surface area contributed by atoms with Gasteiger partial charge >= 0.3 is 0 Å². The standard InChI is InChI=1S/C10H20/c1-3-5-7-9-10-8-6-4-2/h5H,1,3-4,6-10H2,2H3. The van der Waals surface area contributed by atoms with Crippen LogP contribution in [-0.4, -0.2) is 0 Å². The van der Waals surface area contributed by atoms with Gasteiger partial charge in [0.05, 0.1) is 0 Å². The lowest BCUT2D eigenvalue weighted by molar-refractivity contribution is 0.626. The molecule has 0 rings (SSSR count). The van der Waals surface area contributed by atoms with Crippen molar-refractivity contribution in [2.75, 3.05) is 0 Å². The zero-order valence-electron chi connectivity index (χ0n) is 7.23. The molecule has 2 radical (unpaired) electrons. The molecule has 0 aliphatic rings. The monoisotopic (exact) mass is 140 g/mol. The maximum atomic E-state index is 3.76. The van der Waals surface area contributed by atoms with E-state index in [9.17, 15) is 0 Å². The molecule has 0 amide bonds. The van der Waals surface area contributed by atoms with Crippen LogP contribution in [0.15, 0.2) is 0 Å². The van der Waals surface area contributed by atoms with Crippen molar-refractivity contribution in [1.82, 2.24) is 0 Å². The van der Waals surface area contributed by atoms with Crippen LogP contribution in [0.4, 0.5) is 0 Å². The van der Waals surface area contributed by atoms with E-state index in [4.69, 9.17) is 0 Å². The van der Waals surface area contributed by atoms with Crippen molar-refractivity contribution in [3.05, 3.63) is 13.3 Å². The molecule has 0 aliphatic carbocycles. The van der Waals surface area contributed by atoms with E-state index in [0.717, 1.165) is 6.42 Å². The summed E-state index contributed by atoms with van der Waals surface area (Å²) in [5.41, 5.74) is 0. The summed E-state index contributed by atoms with van der Waals surface area (Å²) in [6.07, 6.45) is 11.5. The first-order valence-electron chi connectivity index (χ1n) is 4.52. The number of hydrogen-bond acceptors (Lipinski definition) is 0. The first-order chi connectivity index (χ1) is 4.91. The summed E-state index contributed by atoms with van der Waals surface area (Å²) in [5, 5.41) is 0.